The average molecular weight is 372 g/mol. The van der Waals surface area contributed by atoms with Gasteiger partial charge in [-0.1, -0.05) is 0 Å². The highest BCUT2D eigenvalue weighted by atomic mass is 79.9. The SMILES string of the molecule is O=[N+]([O-])[C@]1(Br)CC[C@H]2C[C@@H]1CC[C@@]2(Br)[N+](=O)[O-]. The summed E-state index contributed by atoms with van der Waals surface area (Å²) in [6.45, 7) is 0. The van der Waals surface area contributed by atoms with Crippen molar-refractivity contribution in [3.8, 4) is 0 Å². The minimum absolute atomic E-state index is 0.109. The van der Waals surface area contributed by atoms with Gasteiger partial charge in [-0.25, -0.2) is 0 Å². The Kier molecular flexibility index (Phi) is 3.22. The van der Waals surface area contributed by atoms with Crippen molar-refractivity contribution in [3.05, 3.63) is 20.2 Å². The number of hydrogen-bond donors (Lipinski definition) is 0. The van der Waals surface area contributed by atoms with Crippen LogP contribution in [0.25, 0.3) is 0 Å². The van der Waals surface area contributed by atoms with Crippen LogP contribution in [0.4, 0.5) is 0 Å². The van der Waals surface area contributed by atoms with Crippen molar-refractivity contribution >= 4 is 31.9 Å². The van der Waals surface area contributed by atoms with Crippen LogP contribution in [0.3, 0.4) is 0 Å². The van der Waals surface area contributed by atoms with Crippen molar-refractivity contribution < 1.29 is 9.85 Å². The fraction of sp³-hybridized carbons (Fsp3) is 1.00. The van der Waals surface area contributed by atoms with Gasteiger partial charge in [-0.05, 0) is 19.3 Å². The van der Waals surface area contributed by atoms with E-state index in [-0.39, 0.29) is 21.7 Å². The molecule has 2 saturated carbocycles. The van der Waals surface area contributed by atoms with Crippen LogP contribution in [0.5, 0.6) is 0 Å². The first kappa shape index (κ1) is 13.2. The Balaban J connectivity index is 2.22. The zero-order valence-corrected chi connectivity index (χ0v) is 12.1. The predicted octanol–water partition coefficient (Wildman–Crippen LogP) is 2.93. The molecule has 2 aliphatic carbocycles. The van der Waals surface area contributed by atoms with Crippen molar-refractivity contribution in [2.75, 3.05) is 0 Å². The van der Waals surface area contributed by atoms with Gasteiger partial charge in [-0.3, -0.25) is 20.2 Å². The van der Waals surface area contributed by atoms with E-state index >= 15 is 0 Å². The fourth-order valence-electron chi connectivity index (χ4n) is 3.02. The van der Waals surface area contributed by atoms with Gasteiger partial charge in [0.1, 0.15) is 0 Å². The molecule has 2 rings (SSSR count). The maximum atomic E-state index is 11.1. The molecule has 0 aromatic rings. The molecule has 0 unspecified atom stereocenters. The van der Waals surface area contributed by atoms with E-state index in [1.54, 1.807) is 0 Å². The first-order valence-electron chi connectivity index (χ1n) is 5.47. The number of nitro groups is 2. The van der Waals surface area contributed by atoms with Crippen LogP contribution in [-0.4, -0.2) is 18.7 Å². The first-order valence-corrected chi connectivity index (χ1v) is 7.06. The molecule has 0 spiro atoms. The first-order chi connectivity index (χ1) is 7.80. The zero-order chi connectivity index (χ0) is 12.8. The highest BCUT2D eigenvalue weighted by molar-refractivity contribution is 9.10. The number of nitrogens with zero attached hydrogens (tertiary/aromatic N) is 2. The topological polar surface area (TPSA) is 86.3 Å². The van der Waals surface area contributed by atoms with Crippen molar-refractivity contribution in [2.24, 2.45) is 11.8 Å². The summed E-state index contributed by atoms with van der Waals surface area (Å²) in [6, 6.07) is 0. The van der Waals surface area contributed by atoms with Gasteiger partial charge in [0.15, 0.2) is 0 Å². The molecule has 0 aromatic carbocycles. The summed E-state index contributed by atoms with van der Waals surface area (Å²) in [4.78, 5) is 21.6. The van der Waals surface area contributed by atoms with E-state index in [1.807, 2.05) is 0 Å². The van der Waals surface area contributed by atoms with E-state index in [0.717, 1.165) is 0 Å². The van der Waals surface area contributed by atoms with E-state index in [1.165, 1.54) is 0 Å². The van der Waals surface area contributed by atoms with Gasteiger partial charge < -0.3 is 0 Å². The lowest BCUT2D eigenvalue weighted by Gasteiger charge is -2.44. The number of hydrogen-bond acceptors (Lipinski definition) is 4. The summed E-state index contributed by atoms with van der Waals surface area (Å²) in [6.07, 6.45) is 2.27. The lowest BCUT2D eigenvalue weighted by atomic mass is 9.67. The van der Waals surface area contributed by atoms with Gasteiger partial charge >= 0.3 is 0 Å². The van der Waals surface area contributed by atoms with Crippen LogP contribution in [-0.2, 0) is 0 Å². The normalized spacial score (nSPS) is 45.3. The Morgan fingerprint density at radius 2 is 1.29 bits per heavy atom. The average Bonchev–Trinajstić information content (AvgIpc) is 2.26. The molecule has 0 amide bonds. The molecule has 4 atom stereocenters. The number of fused-ring (bicyclic) bond motifs is 2. The van der Waals surface area contributed by atoms with Gasteiger partial charge in [0.05, 0.1) is 0 Å². The lowest BCUT2D eigenvalue weighted by molar-refractivity contribution is -0.572. The summed E-state index contributed by atoms with van der Waals surface area (Å²) in [5.41, 5.74) is 0. The van der Waals surface area contributed by atoms with Crippen LogP contribution in [0.1, 0.15) is 32.1 Å². The number of alkyl halides is 2. The molecule has 2 aliphatic rings. The second-order valence-electron chi connectivity index (χ2n) is 4.86. The summed E-state index contributed by atoms with van der Waals surface area (Å²) in [7, 11) is 0. The minimum atomic E-state index is -1.07. The second-order valence-corrected chi connectivity index (χ2v) is 7.60. The molecule has 8 heteroatoms. The molecular formula is C9H12Br2N2O4. The van der Waals surface area contributed by atoms with E-state index in [2.05, 4.69) is 31.9 Å². The van der Waals surface area contributed by atoms with Crippen molar-refractivity contribution in [2.45, 2.75) is 41.0 Å². The van der Waals surface area contributed by atoms with Crippen LogP contribution in [0, 0.1) is 32.1 Å². The van der Waals surface area contributed by atoms with Crippen LogP contribution >= 0.6 is 31.9 Å². The summed E-state index contributed by atoms with van der Waals surface area (Å²) < 4.78 is -2.15. The monoisotopic (exact) mass is 370 g/mol. The predicted molar refractivity (Wildman–Crippen MR) is 67.4 cm³/mol. The third kappa shape index (κ3) is 1.89. The summed E-state index contributed by atoms with van der Waals surface area (Å²) >= 11 is 6.48. The molecule has 17 heavy (non-hydrogen) atoms. The Morgan fingerprint density at radius 1 is 0.941 bits per heavy atom. The van der Waals surface area contributed by atoms with E-state index in [0.29, 0.717) is 32.1 Å². The lowest BCUT2D eigenvalue weighted by Crippen LogP contribution is -2.54. The number of halogens is 2. The van der Waals surface area contributed by atoms with Gasteiger partial charge in [-0.15, -0.1) is 0 Å². The quantitative estimate of drug-likeness (QED) is 0.323. The van der Waals surface area contributed by atoms with Gasteiger partial charge in [0, 0.05) is 66.4 Å². The van der Waals surface area contributed by atoms with Crippen LogP contribution < -0.4 is 0 Å². The molecule has 6 nitrogen and oxygen atoms in total. The Morgan fingerprint density at radius 3 is 1.59 bits per heavy atom. The second kappa shape index (κ2) is 4.15. The van der Waals surface area contributed by atoms with Crippen molar-refractivity contribution in [3.63, 3.8) is 0 Å². The third-order valence-corrected chi connectivity index (χ3v) is 6.78. The van der Waals surface area contributed by atoms with Crippen LogP contribution in [0.2, 0.25) is 0 Å². The molecule has 0 aromatic heterocycles. The molecule has 2 bridgehead atoms. The highest BCUT2D eigenvalue weighted by Crippen LogP contribution is 2.55. The Labute approximate surface area is 115 Å². The molecular weight excluding hydrogens is 360 g/mol. The standard InChI is InChI=1S/C9H12Br2N2O4/c10-8(12(14)15)3-1-6-5-7(8)2-4-9(6,11)13(16)17/h6-7H,1-5H2/t6-,7-,8+,9+/m0/s1. The number of rotatable bonds is 2. The molecule has 96 valence electrons. The van der Waals surface area contributed by atoms with E-state index in [4.69, 9.17) is 0 Å². The maximum Gasteiger partial charge on any atom is 0.277 e. The van der Waals surface area contributed by atoms with Crippen molar-refractivity contribution in [1.82, 2.24) is 0 Å². The maximum absolute atomic E-state index is 11.1. The summed E-state index contributed by atoms with van der Waals surface area (Å²) in [5.74, 6) is -0.219. The molecule has 0 radical (unpaired) electrons. The Hall–Kier alpha value is -0.240. The smallest absolute Gasteiger partial charge is 0.263 e. The third-order valence-electron chi connectivity index (χ3n) is 4.11. The Bertz CT molecular complexity index is 346. The van der Waals surface area contributed by atoms with Crippen molar-refractivity contribution in [1.29, 1.82) is 0 Å². The molecule has 0 N–H and O–H groups in total. The summed E-state index contributed by atoms with van der Waals surface area (Å²) in [5, 5.41) is 22.2. The molecule has 0 saturated heterocycles. The van der Waals surface area contributed by atoms with Gasteiger partial charge in [0.2, 0.25) is 0 Å². The fourth-order valence-corrected chi connectivity index (χ4v) is 4.31. The van der Waals surface area contributed by atoms with E-state index in [9.17, 15) is 20.2 Å². The highest BCUT2D eigenvalue weighted by Gasteiger charge is 2.62. The largest absolute Gasteiger partial charge is 0.277 e. The van der Waals surface area contributed by atoms with Gasteiger partial charge in [-0.2, -0.15) is 0 Å². The molecule has 0 aliphatic heterocycles. The minimum Gasteiger partial charge on any atom is -0.263 e. The molecule has 0 heterocycles. The molecule has 2 fully saturated rings. The van der Waals surface area contributed by atoms with E-state index < -0.39 is 8.90 Å². The van der Waals surface area contributed by atoms with Gasteiger partial charge in [0.25, 0.3) is 8.90 Å². The zero-order valence-electron chi connectivity index (χ0n) is 8.97. The van der Waals surface area contributed by atoms with Crippen LogP contribution in [0.15, 0.2) is 0 Å².